The highest BCUT2D eigenvalue weighted by molar-refractivity contribution is 6.33. The number of anilines is 2. The summed E-state index contributed by atoms with van der Waals surface area (Å²) in [6.45, 7) is 4.95. The standard InChI is InChI=1S/C17H24ClN3/c1-15-4-11-5-16(2,8-15)10-17(6-11,9-15)21-14-13(18)3-12(19)7-20-14/h3,7,11H,4-6,8-10,19H2,1-2H3,(H,20,21). The van der Waals surface area contributed by atoms with Crippen LogP contribution < -0.4 is 11.1 Å². The van der Waals surface area contributed by atoms with Crippen molar-refractivity contribution >= 4 is 23.1 Å². The van der Waals surface area contributed by atoms with Gasteiger partial charge in [-0.2, -0.15) is 0 Å². The number of hydrogen-bond acceptors (Lipinski definition) is 3. The lowest BCUT2D eigenvalue weighted by atomic mass is 9.43. The summed E-state index contributed by atoms with van der Waals surface area (Å²) in [6.07, 6.45) is 9.62. The predicted molar refractivity (Wildman–Crippen MR) is 87.4 cm³/mol. The van der Waals surface area contributed by atoms with Crippen LogP contribution in [0.3, 0.4) is 0 Å². The quantitative estimate of drug-likeness (QED) is 0.847. The lowest BCUT2D eigenvalue weighted by Crippen LogP contribution is -2.61. The monoisotopic (exact) mass is 305 g/mol. The van der Waals surface area contributed by atoms with Gasteiger partial charge in [-0.05, 0) is 61.3 Å². The number of halogens is 1. The molecule has 3 nitrogen and oxygen atoms in total. The molecule has 0 saturated heterocycles. The van der Waals surface area contributed by atoms with Gasteiger partial charge >= 0.3 is 0 Å². The molecule has 4 bridgehead atoms. The molecule has 0 aromatic carbocycles. The number of aromatic nitrogens is 1. The normalized spacial score (nSPS) is 44.0. The first-order valence-electron chi connectivity index (χ1n) is 7.98. The van der Waals surface area contributed by atoms with Crippen LogP contribution in [0.5, 0.6) is 0 Å². The van der Waals surface area contributed by atoms with Crippen molar-refractivity contribution in [3.63, 3.8) is 0 Å². The first kappa shape index (κ1) is 13.7. The zero-order valence-corrected chi connectivity index (χ0v) is 13.6. The molecule has 3 N–H and O–H groups in total. The van der Waals surface area contributed by atoms with Gasteiger partial charge in [-0.3, -0.25) is 0 Å². The molecule has 4 heteroatoms. The van der Waals surface area contributed by atoms with Crippen molar-refractivity contribution in [2.75, 3.05) is 11.1 Å². The summed E-state index contributed by atoms with van der Waals surface area (Å²) in [5, 5.41) is 4.37. The fourth-order valence-corrected chi connectivity index (χ4v) is 6.60. The van der Waals surface area contributed by atoms with Crippen LogP contribution in [0, 0.1) is 16.7 Å². The first-order valence-corrected chi connectivity index (χ1v) is 8.36. The van der Waals surface area contributed by atoms with Gasteiger partial charge in [-0.25, -0.2) is 4.98 Å². The first-order chi connectivity index (χ1) is 9.79. The fourth-order valence-electron chi connectivity index (χ4n) is 6.38. The smallest absolute Gasteiger partial charge is 0.145 e. The highest BCUT2D eigenvalue weighted by Gasteiger charge is 2.60. The number of rotatable bonds is 2. The van der Waals surface area contributed by atoms with E-state index in [4.69, 9.17) is 17.3 Å². The van der Waals surface area contributed by atoms with Crippen LogP contribution in [-0.2, 0) is 0 Å². The molecule has 2 unspecified atom stereocenters. The van der Waals surface area contributed by atoms with Crippen molar-refractivity contribution in [3.8, 4) is 0 Å². The summed E-state index contributed by atoms with van der Waals surface area (Å²) in [5.41, 5.74) is 7.53. The van der Waals surface area contributed by atoms with Gasteiger partial charge in [-0.15, -0.1) is 0 Å². The molecule has 114 valence electrons. The third kappa shape index (κ3) is 2.21. The van der Waals surface area contributed by atoms with E-state index in [1.165, 1.54) is 38.5 Å². The van der Waals surface area contributed by atoms with Crippen molar-refractivity contribution in [2.45, 2.75) is 57.9 Å². The number of nitrogen functional groups attached to an aromatic ring is 1. The van der Waals surface area contributed by atoms with Crippen molar-refractivity contribution in [1.29, 1.82) is 0 Å². The van der Waals surface area contributed by atoms with E-state index in [-0.39, 0.29) is 5.54 Å². The Hall–Kier alpha value is -0.960. The number of pyridine rings is 1. The molecule has 0 amide bonds. The molecule has 5 rings (SSSR count). The van der Waals surface area contributed by atoms with E-state index in [1.807, 2.05) is 0 Å². The molecule has 4 aliphatic carbocycles. The minimum absolute atomic E-state index is 0.176. The predicted octanol–water partition coefficient (Wildman–Crippen LogP) is 4.48. The highest BCUT2D eigenvalue weighted by atomic mass is 35.5. The molecular formula is C17H24ClN3. The number of nitrogens with one attached hydrogen (secondary N) is 1. The zero-order valence-electron chi connectivity index (χ0n) is 12.9. The van der Waals surface area contributed by atoms with Crippen molar-refractivity contribution < 1.29 is 0 Å². The van der Waals surface area contributed by atoms with Crippen LogP contribution in [0.25, 0.3) is 0 Å². The second-order valence-electron chi connectivity index (χ2n) is 8.63. The summed E-state index contributed by atoms with van der Waals surface area (Å²) in [4.78, 5) is 4.43. The van der Waals surface area contributed by atoms with Gasteiger partial charge in [0.1, 0.15) is 5.82 Å². The third-order valence-corrected chi connectivity index (χ3v) is 6.16. The second-order valence-corrected chi connectivity index (χ2v) is 9.04. The van der Waals surface area contributed by atoms with Gasteiger partial charge in [0.25, 0.3) is 0 Å². The highest BCUT2D eigenvalue weighted by Crippen LogP contribution is 2.66. The van der Waals surface area contributed by atoms with Gasteiger partial charge < -0.3 is 11.1 Å². The van der Waals surface area contributed by atoms with Gasteiger partial charge in [0.05, 0.1) is 16.9 Å². The Balaban J connectivity index is 1.68. The Labute approximate surface area is 131 Å². The van der Waals surface area contributed by atoms with Crippen LogP contribution in [0.2, 0.25) is 5.02 Å². The summed E-state index contributed by atoms with van der Waals surface area (Å²) >= 11 is 6.33. The molecule has 1 aromatic rings. The number of nitrogens with two attached hydrogens (primary N) is 1. The Morgan fingerprint density at radius 3 is 2.43 bits per heavy atom. The van der Waals surface area contributed by atoms with E-state index in [1.54, 1.807) is 12.3 Å². The Morgan fingerprint density at radius 1 is 1.19 bits per heavy atom. The summed E-state index contributed by atoms with van der Waals surface area (Å²) in [7, 11) is 0. The molecule has 0 aliphatic heterocycles. The van der Waals surface area contributed by atoms with Gasteiger partial charge in [0.2, 0.25) is 0 Å². The summed E-state index contributed by atoms with van der Waals surface area (Å²) in [6, 6.07) is 1.79. The molecule has 4 aliphatic rings. The van der Waals surface area contributed by atoms with Gasteiger partial charge in [0, 0.05) is 5.54 Å². The van der Waals surface area contributed by atoms with Crippen LogP contribution in [0.15, 0.2) is 12.3 Å². The fraction of sp³-hybridized carbons (Fsp3) is 0.706. The topological polar surface area (TPSA) is 50.9 Å². The number of hydrogen-bond donors (Lipinski definition) is 2. The maximum Gasteiger partial charge on any atom is 0.145 e. The minimum atomic E-state index is 0.176. The molecular weight excluding hydrogens is 282 g/mol. The molecule has 0 radical (unpaired) electrons. The average molecular weight is 306 g/mol. The largest absolute Gasteiger partial charge is 0.397 e. The van der Waals surface area contributed by atoms with Crippen LogP contribution in [0.4, 0.5) is 11.5 Å². The van der Waals surface area contributed by atoms with E-state index >= 15 is 0 Å². The van der Waals surface area contributed by atoms with E-state index in [0.717, 1.165) is 11.7 Å². The van der Waals surface area contributed by atoms with Gasteiger partial charge in [0.15, 0.2) is 0 Å². The Morgan fingerprint density at radius 2 is 1.86 bits per heavy atom. The molecule has 4 fully saturated rings. The molecule has 0 spiro atoms. The zero-order chi connectivity index (χ0) is 14.9. The summed E-state index contributed by atoms with van der Waals surface area (Å²) in [5.74, 6) is 1.66. The maximum absolute atomic E-state index is 6.33. The summed E-state index contributed by atoms with van der Waals surface area (Å²) < 4.78 is 0. The molecule has 1 heterocycles. The van der Waals surface area contributed by atoms with Crippen molar-refractivity contribution in [3.05, 3.63) is 17.3 Å². The van der Waals surface area contributed by atoms with Crippen LogP contribution in [-0.4, -0.2) is 10.5 Å². The Bertz CT molecular complexity index is 582. The lowest BCUT2D eigenvalue weighted by molar-refractivity contribution is -0.0973. The van der Waals surface area contributed by atoms with Gasteiger partial charge in [-0.1, -0.05) is 25.4 Å². The molecule has 4 saturated carbocycles. The number of nitrogens with zero attached hydrogens (tertiary/aromatic N) is 1. The SMILES string of the molecule is CC12CC3CC(C)(C1)CC(Nc1ncc(N)cc1Cl)(C3)C2. The van der Waals surface area contributed by atoms with E-state index in [0.29, 0.717) is 21.5 Å². The molecule has 1 aromatic heterocycles. The van der Waals surface area contributed by atoms with Crippen molar-refractivity contribution in [2.24, 2.45) is 16.7 Å². The molecule has 2 atom stereocenters. The van der Waals surface area contributed by atoms with Crippen molar-refractivity contribution in [1.82, 2.24) is 4.98 Å². The van der Waals surface area contributed by atoms with Crippen LogP contribution in [0.1, 0.15) is 52.4 Å². The van der Waals surface area contributed by atoms with E-state index < -0.39 is 0 Å². The Kier molecular flexibility index (Phi) is 2.65. The lowest BCUT2D eigenvalue weighted by Gasteiger charge is -2.65. The minimum Gasteiger partial charge on any atom is -0.397 e. The van der Waals surface area contributed by atoms with E-state index in [2.05, 4.69) is 24.1 Å². The average Bonchev–Trinajstić information content (AvgIpc) is 2.28. The third-order valence-electron chi connectivity index (χ3n) is 5.87. The van der Waals surface area contributed by atoms with Crippen LogP contribution >= 0.6 is 11.6 Å². The maximum atomic E-state index is 6.33. The van der Waals surface area contributed by atoms with E-state index in [9.17, 15) is 0 Å². The molecule has 21 heavy (non-hydrogen) atoms. The second kappa shape index (κ2) is 4.07.